The number of carboxylic acid groups (broad SMARTS) is 1. The number of aryl methyl sites for hydroxylation is 1. The molecule has 2 amide bonds. The maximum absolute atomic E-state index is 12.2. The van der Waals surface area contributed by atoms with Crippen molar-refractivity contribution in [3.63, 3.8) is 0 Å². The van der Waals surface area contributed by atoms with E-state index in [1.807, 2.05) is 0 Å². The fourth-order valence-corrected chi connectivity index (χ4v) is 2.89. The van der Waals surface area contributed by atoms with Crippen molar-refractivity contribution in [1.82, 2.24) is 19.7 Å². The summed E-state index contributed by atoms with van der Waals surface area (Å²) in [5, 5.41) is 11.2. The Kier molecular flexibility index (Phi) is 7.44. The average Bonchev–Trinajstić information content (AvgIpc) is 2.53. The first-order chi connectivity index (χ1) is 11.7. The number of nitrogens with one attached hydrogen (secondary N) is 2. The van der Waals surface area contributed by atoms with E-state index in [0.717, 1.165) is 12.1 Å². The van der Waals surface area contributed by atoms with Crippen LogP contribution in [0.15, 0.2) is 29.2 Å². The fourth-order valence-electron chi connectivity index (χ4n) is 1.79. The summed E-state index contributed by atoms with van der Waals surface area (Å²) in [6, 6.07) is 3.63. The molecule has 0 fully saturated rings. The summed E-state index contributed by atoms with van der Waals surface area (Å²) in [5.41, 5.74) is -0.472. The van der Waals surface area contributed by atoms with Gasteiger partial charge in [0.25, 0.3) is 10.0 Å². The molecular weight excluding hydrogens is 377 g/mol. The molecule has 26 heavy (non-hydrogen) atoms. The molecule has 1 aromatic carbocycles. The van der Waals surface area contributed by atoms with Gasteiger partial charge < -0.3 is 9.84 Å². The number of urea groups is 1. The van der Waals surface area contributed by atoms with Crippen LogP contribution in [0.3, 0.4) is 0 Å². The average molecular weight is 391 g/mol. The molecule has 134 valence electrons. The van der Waals surface area contributed by atoms with Crippen molar-refractivity contribution >= 4 is 57.5 Å². The Hall–Kier alpha value is -2.28. The van der Waals surface area contributed by atoms with Crippen molar-refractivity contribution in [2.24, 2.45) is 0 Å². The zero-order chi connectivity index (χ0) is 18.6. The summed E-state index contributed by atoms with van der Waals surface area (Å²) in [4.78, 5) is 33.8. The Morgan fingerprint density at radius 2 is 1.81 bits per heavy atom. The van der Waals surface area contributed by atoms with E-state index in [-0.39, 0.29) is 47.3 Å². The number of carbonyl (C=O) groups excluding carboxylic acids is 1. The molecular formula is C13H14N5NaO6S. The number of sulfonamides is 1. The predicted molar refractivity (Wildman–Crippen MR) is 91.0 cm³/mol. The van der Waals surface area contributed by atoms with Crippen LogP contribution in [0.1, 0.15) is 16.2 Å². The third kappa shape index (κ3) is 5.36. The van der Waals surface area contributed by atoms with Crippen LogP contribution < -0.4 is 14.8 Å². The first-order valence-electron chi connectivity index (χ1n) is 6.65. The Bertz CT molecular complexity index is 936. The topological polar surface area (TPSA) is 160 Å². The van der Waals surface area contributed by atoms with Crippen molar-refractivity contribution in [2.45, 2.75) is 11.8 Å². The van der Waals surface area contributed by atoms with Gasteiger partial charge in [0.2, 0.25) is 5.95 Å². The molecule has 0 spiro atoms. The molecule has 0 saturated heterocycles. The van der Waals surface area contributed by atoms with Crippen LogP contribution in [0.25, 0.3) is 0 Å². The first-order valence-corrected chi connectivity index (χ1v) is 8.14. The van der Waals surface area contributed by atoms with Crippen molar-refractivity contribution in [2.75, 3.05) is 12.4 Å². The van der Waals surface area contributed by atoms with Gasteiger partial charge in [-0.3, -0.25) is 5.32 Å². The Labute approximate surface area is 170 Å². The molecule has 0 aliphatic carbocycles. The number of ether oxygens (including phenoxy) is 1. The molecule has 0 unspecified atom stereocenters. The van der Waals surface area contributed by atoms with E-state index in [2.05, 4.69) is 20.3 Å². The van der Waals surface area contributed by atoms with Crippen LogP contribution >= 0.6 is 0 Å². The summed E-state index contributed by atoms with van der Waals surface area (Å²) in [5.74, 6) is -1.44. The molecule has 0 radical (unpaired) electrons. The van der Waals surface area contributed by atoms with E-state index in [1.165, 1.54) is 26.2 Å². The second-order valence-corrected chi connectivity index (χ2v) is 6.20. The fraction of sp³-hybridized carbons (Fsp3) is 0.154. The SMILES string of the molecule is COc1nc(C)nc(NC(=O)NS(=O)(=O)c2ccccc2C(=O)O)n1.[NaH]. The van der Waals surface area contributed by atoms with E-state index in [1.54, 1.807) is 4.72 Å². The number of hydrogen-bond donors (Lipinski definition) is 3. The van der Waals surface area contributed by atoms with Crippen LogP contribution in [0.4, 0.5) is 10.7 Å². The van der Waals surface area contributed by atoms with Gasteiger partial charge in [0, 0.05) is 0 Å². The zero-order valence-corrected chi connectivity index (χ0v) is 13.9. The summed E-state index contributed by atoms with van der Waals surface area (Å²) < 4.78 is 31.0. The number of aromatic carboxylic acids is 1. The maximum atomic E-state index is 12.2. The second kappa shape index (κ2) is 8.89. The second-order valence-electron chi connectivity index (χ2n) is 4.55. The van der Waals surface area contributed by atoms with Crippen LogP contribution in [0.2, 0.25) is 0 Å². The van der Waals surface area contributed by atoms with Gasteiger partial charge >= 0.3 is 47.6 Å². The van der Waals surface area contributed by atoms with Gasteiger partial charge in [0.1, 0.15) is 10.7 Å². The Morgan fingerprint density at radius 3 is 2.42 bits per heavy atom. The van der Waals surface area contributed by atoms with Crippen LogP contribution in [-0.4, -0.2) is 77.1 Å². The molecule has 0 aliphatic rings. The number of methoxy groups -OCH3 is 1. The van der Waals surface area contributed by atoms with E-state index in [0.29, 0.717) is 0 Å². The van der Waals surface area contributed by atoms with Crippen LogP contribution in [0, 0.1) is 6.92 Å². The van der Waals surface area contributed by atoms with Gasteiger partial charge in [0.15, 0.2) is 0 Å². The van der Waals surface area contributed by atoms with Gasteiger partial charge in [-0.2, -0.15) is 15.0 Å². The molecule has 2 rings (SSSR count). The van der Waals surface area contributed by atoms with Crippen LogP contribution in [0.5, 0.6) is 6.01 Å². The van der Waals surface area contributed by atoms with Gasteiger partial charge in [-0.25, -0.2) is 22.7 Å². The number of anilines is 1. The predicted octanol–water partition coefficient (Wildman–Crippen LogP) is -0.251. The molecule has 2 aromatic rings. The molecule has 1 aromatic heterocycles. The number of carboxylic acids is 1. The normalized spacial score (nSPS) is 10.4. The van der Waals surface area contributed by atoms with Crippen molar-refractivity contribution in [3.05, 3.63) is 35.7 Å². The summed E-state index contributed by atoms with van der Waals surface area (Å²) >= 11 is 0. The molecule has 11 nitrogen and oxygen atoms in total. The monoisotopic (exact) mass is 391 g/mol. The van der Waals surface area contributed by atoms with Crippen molar-refractivity contribution in [3.8, 4) is 6.01 Å². The summed E-state index contributed by atoms with van der Waals surface area (Å²) in [6.45, 7) is 1.52. The number of aromatic nitrogens is 3. The quantitative estimate of drug-likeness (QED) is 0.584. The minimum atomic E-state index is -4.43. The third-order valence-electron chi connectivity index (χ3n) is 2.77. The Balaban J connectivity index is 0.00000338. The molecule has 0 saturated carbocycles. The van der Waals surface area contributed by atoms with E-state index in [9.17, 15) is 18.0 Å². The zero-order valence-electron chi connectivity index (χ0n) is 13.0. The van der Waals surface area contributed by atoms with Crippen LogP contribution in [-0.2, 0) is 10.0 Å². The third-order valence-corrected chi connectivity index (χ3v) is 4.16. The van der Waals surface area contributed by atoms with Gasteiger partial charge in [0.05, 0.1) is 12.7 Å². The van der Waals surface area contributed by atoms with E-state index >= 15 is 0 Å². The molecule has 1 heterocycles. The standard InChI is InChI=1S/C13H13N5O6S.Na.H/c1-7-14-11(17-13(15-7)24-2)16-12(21)18-25(22,23)9-6-4-3-5-8(9)10(19)20;;/h3-6H,1-2H3,(H,19,20)(H2,14,15,16,17,18,21);;. The number of nitrogens with zero attached hydrogens (tertiary/aromatic N) is 3. The molecule has 0 aliphatic heterocycles. The number of rotatable bonds is 5. The number of amides is 2. The van der Waals surface area contributed by atoms with Gasteiger partial charge in [-0.15, -0.1) is 0 Å². The van der Waals surface area contributed by atoms with E-state index in [4.69, 9.17) is 9.84 Å². The van der Waals surface area contributed by atoms with Crippen molar-refractivity contribution < 1.29 is 27.9 Å². The summed E-state index contributed by atoms with van der Waals surface area (Å²) in [6.07, 6.45) is 0. The molecule has 13 heteroatoms. The van der Waals surface area contributed by atoms with Crippen molar-refractivity contribution in [1.29, 1.82) is 0 Å². The van der Waals surface area contributed by atoms with Gasteiger partial charge in [-0.05, 0) is 19.1 Å². The first kappa shape index (κ1) is 21.8. The molecule has 0 bridgehead atoms. The Morgan fingerprint density at radius 1 is 1.15 bits per heavy atom. The number of hydrogen-bond acceptors (Lipinski definition) is 8. The molecule has 0 atom stereocenters. The van der Waals surface area contributed by atoms with Gasteiger partial charge in [-0.1, -0.05) is 12.1 Å². The van der Waals surface area contributed by atoms with E-state index < -0.39 is 32.5 Å². The summed E-state index contributed by atoms with van der Waals surface area (Å²) in [7, 11) is -3.11. The number of carbonyl (C=O) groups is 2. The minimum absolute atomic E-state index is 0. The molecule has 3 N–H and O–H groups in total. The number of benzene rings is 1.